The molecule has 3 aromatic carbocycles. The summed E-state index contributed by atoms with van der Waals surface area (Å²) in [6, 6.07) is 15.9. The van der Waals surface area contributed by atoms with E-state index in [0.717, 1.165) is 23.2 Å². The molecule has 1 aliphatic carbocycles. The summed E-state index contributed by atoms with van der Waals surface area (Å²) in [5.41, 5.74) is 4.00. The molecule has 0 saturated carbocycles. The maximum absolute atomic E-state index is 13.2. The standard InChI is InChI=1S/C25H21Cl3N2O2S/c1-14-21(27)6-3-7-23(14)30-33(31,32)16-9-11-24-20(13-16)17-4-2-5-18(17)25(29-24)19-10-8-15(26)12-22(19)28/h2-4,6-13,17-18,25,29-30H,5H2,1H3/t17-,18+,25+/m0/s1. The first kappa shape index (κ1) is 22.6. The Morgan fingerprint density at radius 1 is 0.970 bits per heavy atom. The number of hydrogen-bond acceptors (Lipinski definition) is 3. The lowest BCUT2D eigenvalue weighted by Crippen LogP contribution is -2.29. The summed E-state index contributed by atoms with van der Waals surface area (Å²) in [5.74, 6) is 0.304. The Kier molecular flexibility index (Phi) is 5.86. The van der Waals surface area contributed by atoms with Crippen LogP contribution in [0.15, 0.2) is 71.6 Å². The zero-order chi connectivity index (χ0) is 23.3. The Bertz CT molecular complexity index is 1390. The highest BCUT2D eigenvalue weighted by Crippen LogP contribution is 2.51. The van der Waals surface area contributed by atoms with Crippen LogP contribution in [0, 0.1) is 12.8 Å². The molecule has 3 aromatic rings. The minimum absolute atomic E-state index is 0.00282. The third-order valence-corrected chi connectivity index (χ3v) is 8.79. The molecule has 0 bridgehead atoms. The van der Waals surface area contributed by atoms with Gasteiger partial charge in [-0.25, -0.2) is 8.42 Å². The van der Waals surface area contributed by atoms with Gasteiger partial charge in [0.25, 0.3) is 10.0 Å². The number of rotatable bonds is 4. The molecular weight excluding hydrogens is 499 g/mol. The summed E-state index contributed by atoms with van der Waals surface area (Å²) in [7, 11) is -3.79. The van der Waals surface area contributed by atoms with E-state index in [1.54, 1.807) is 43.3 Å². The van der Waals surface area contributed by atoms with Gasteiger partial charge in [-0.15, -0.1) is 0 Å². The number of hydrogen-bond donors (Lipinski definition) is 2. The largest absolute Gasteiger partial charge is 0.378 e. The van der Waals surface area contributed by atoms with Crippen LogP contribution in [0.25, 0.3) is 0 Å². The predicted molar refractivity (Wildman–Crippen MR) is 136 cm³/mol. The van der Waals surface area contributed by atoms with Crippen molar-refractivity contribution in [2.75, 3.05) is 10.0 Å². The van der Waals surface area contributed by atoms with Crippen molar-refractivity contribution in [1.29, 1.82) is 0 Å². The SMILES string of the molecule is Cc1c(Cl)cccc1NS(=O)(=O)c1ccc2c(c1)[C@H]1C=CC[C@H]1[C@H](c1ccc(Cl)cc1Cl)N2. The molecule has 2 aliphatic rings. The van der Waals surface area contributed by atoms with Crippen molar-refractivity contribution >= 4 is 56.2 Å². The number of nitrogens with one attached hydrogen (secondary N) is 2. The zero-order valence-electron chi connectivity index (χ0n) is 17.6. The highest BCUT2D eigenvalue weighted by molar-refractivity contribution is 7.92. The quantitative estimate of drug-likeness (QED) is 0.349. The molecule has 0 saturated heterocycles. The fourth-order valence-corrected chi connectivity index (χ4v) is 6.58. The molecule has 1 heterocycles. The second-order valence-electron chi connectivity index (χ2n) is 8.41. The van der Waals surface area contributed by atoms with Crippen LogP contribution in [0.2, 0.25) is 15.1 Å². The van der Waals surface area contributed by atoms with Crippen molar-refractivity contribution in [2.45, 2.75) is 30.2 Å². The Morgan fingerprint density at radius 2 is 1.79 bits per heavy atom. The fraction of sp³-hybridized carbons (Fsp3) is 0.200. The molecule has 3 atom stereocenters. The summed E-state index contributed by atoms with van der Waals surface area (Å²) < 4.78 is 29.0. The maximum atomic E-state index is 13.2. The summed E-state index contributed by atoms with van der Waals surface area (Å²) in [6.45, 7) is 1.78. The third-order valence-electron chi connectivity index (χ3n) is 6.45. The van der Waals surface area contributed by atoms with Gasteiger partial charge in [0.1, 0.15) is 0 Å². The molecule has 170 valence electrons. The maximum Gasteiger partial charge on any atom is 0.261 e. The second-order valence-corrected chi connectivity index (χ2v) is 11.3. The Hall–Kier alpha value is -2.18. The molecule has 1 aliphatic heterocycles. The van der Waals surface area contributed by atoms with Crippen LogP contribution in [-0.2, 0) is 10.0 Å². The van der Waals surface area contributed by atoms with Crippen LogP contribution >= 0.6 is 34.8 Å². The summed E-state index contributed by atoms with van der Waals surface area (Å²) >= 11 is 18.8. The highest BCUT2D eigenvalue weighted by Gasteiger charge is 2.39. The first-order chi connectivity index (χ1) is 15.7. The molecule has 2 N–H and O–H groups in total. The zero-order valence-corrected chi connectivity index (χ0v) is 20.7. The van der Waals surface area contributed by atoms with E-state index in [1.807, 2.05) is 18.2 Å². The normalized spacial score (nSPS) is 21.3. The topological polar surface area (TPSA) is 58.2 Å². The average Bonchev–Trinajstić information content (AvgIpc) is 3.26. The minimum Gasteiger partial charge on any atom is -0.378 e. The van der Waals surface area contributed by atoms with Gasteiger partial charge in [0.15, 0.2) is 0 Å². The van der Waals surface area contributed by atoms with Crippen molar-refractivity contribution < 1.29 is 8.42 Å². The Labute approximate surface area is 208 Å². The smallest absolute Gasteiger partial charge is 0.261 e. The van der Waals surface area contributed by atoms with E-state index < -0.39 is 10.0 Å². The highest BCUT2D eigenvalue weighted by atomic mass is 35.5. The van der Waals surface area contributed by atoms with Crippen LogP contribution in [0.4, 0.5) is 11.4 Å². The number of fused-ring (bicyclic) bond motifs is 3. The number of anilines is 2. The first-order valence-corrected chi connectivity index (χ1v) is 13.2. The number of benzene rings is 3. The monoisotopic (exact) mass is 518 g/mol. The van der Waals surface area contributed by atoms with Gasteiger partial charge in [0.2, 0.25) is 0 Å². The van der Waals surface area contributed by atoms with Gasteiger partial charge in [0.05, 0.1) is 16.6 Å². The van der Waals surface area contributed by atoms with E-state index in [1.165, 1.54) is 0 Å². The summed E-state index contributed by atoms with van der Waals surface area (Å²) in [4.78, 5) is 0.212. The summed E-state index contributed by atoms with van der Waals surface area (Å²) in [5, 5.41) is 5.32. The molecule has 0 fully saturated rings. The molecule has 33 heavy (non-hydrogen) atoms. The van der Waals surface area contributed by atoms with Crippen molar-refractivity contribution in [1.82, 2.24) is 0 Å². The molecular formula is C25H21Cl3N2O2S. The number of halogens is 3. The van der Waals surface area contributed by atoms with Gasteiger partial charge < -0.3 is 5.32 Å². The van der Waals surface area contributed by atoms with E-state index >= 15 is 0 Å². The van der Waals surface area contributed by atoms with E-state index in [9.17, 15) is 8.42 Å². The van der Waals surface area contributed by atoms with E-state index in [-0.39, 0.29) is 22.8 Å². The van der Waals surface area contributed by atoms with Crippen molar-refractivity contribution in [2.24, 2.45) is 5.92 Å². The van der Waals surface area contributed by atoms with Crippen LogP contribution in [-0.4, -0.2) is 8.42 Å². The van der Waals surface area contributed by atoms with Gasteiger partial charge in [-0.1, -0.05) is 59.1 Å². The Balaban J connectivity index is 1.51. The van der Waals surface area contributed by atoms with Gasteiger partial charge >= 0.3 is 0 Å². The lowest BCUT2D eigenvalue weighted by Gasteiger charge is -2.38. The van der Waals surface area contributed by atoms with Gasteiger partial charge in [0, 0.05) is 26.7 Å². The van der Waals surface area contributed by atoms with E-state index in [4.69, 9.17) is 34.8 Å². The number of allylic oxidation sites excluding steroid dienone is 2. The van der Waals surface area contributed by atoms with E-state index in [2.05, 4.69) is 22.2 Å². The van der Waals surface area contributed by atoms with Gasteiger partial charge in [-0.3, -0.25) is 4.72 Å². The average molecular weight is 520 g/mol. The van der Waals surface area contributed by atoms with Crippen molar-refractivity contribution in [3.05, 3.63) is 98.5 Å². The Morgan fingerprint density at radius 3 is 2.58 bits per heavy atom. The predicted octanol–water partition coefficient (Wildman–Crippen LogP) is 7.58. The lowest BCUT2D eigenvalue weighted by atomic mass is 9.77. The van der Waals surface area contributed by atoms with Crippen LogP contribution in [0.1, 0.15) is 35.1 Å². The molecule has 0 radical (unpaired) electrons. The van der Waals surface area contributed by atoms with Crippen LogP contribution in [0.5, 0.6) is 0 Å². The molecule has 0 aromatic heterocycles. The fourth-order valence-electron chi connectivity index (χ4n) is 4.72. The van der Waals surface area contributed by atoms with Gasteiger partial charge in [-0.05, 0) is 78.4 Å². The van der Waals surface area contributed by atoms with Crippen molar-refractivity contribution in [3.63, 3.8) is 0 Å². The van der Waals surface area contributed by atoms with Crippen LogP contribution < -0.4 is 10.0 Å². The number of sulfonamides is 1. The van der Waals surface area contributed by atoms with Crippen LogP contribution in [0.3, 0.4) is 0 Å². The molecule has 0 amide bonds. The molecule has 0 unspecified atom stereocenters. The second kappa shape index (κ2) is 8.55. The first-order valence-electron chi connectivity index (χ1n) is 10.5. The van der Waals surface area contributed by atoms with E-state index in [0.29, 0.717) is 26.3 Å². The molecule has 5 rings (SSSR count). The molecule has 0 spiro atoms. The minimum atomic E-state index is -3.79. The summed E-state index contributed by atoms with van der Waals surface area (Å²) in [6.07, 6.45) is 5.18. The molecule has 8 heteroatoms. The van der Waals surface area contributed by atoms with Crippen molar-refractivity contribution in [3.8, 4) is 0 Å². The third kappa shape index (κ3) is 4.12. The van der Waals surface area contributed by atoms with Gasteiger partial charge in [-0.2, -0.15) is 0 Å². The molecule has 4 nitrogen and oxygen atoms in total. The lowest BCUT2D eigenvalue weighted by molar-refractivity contribution is 0.425.